The predicted octanol–water partition coefficient (Wildman–Crippen LogP) is 3.60. The first-order valence-corrected chi connectivity index (χ1v) is 7.91. The lowest BCUT2D eigenvalue weighted by atomic mass is 10.0. The molecule has 1 aromatic carbocycles. The second kappa shape index (κ2) is 7.77. The molecule has 0 aliphatic rings. The minimum Gasteiger partial charge on any atom is -0.481 e. The van der Waals surface area contributed by atoms with E-state index >= 15 is 0 Å². The molecule has 23 heavy (non-hydrogen) atoms. The van der Waals surface area contributed by atoms with E-state index in [1.54, 1.807) is 19.3 Å². The van der Waals surface area contributed by atoms with E-state index in [9.17, 15) is 4.79 Å². The normalized spacial score (nSPS) is 12.0. The summed E-state index contributed by atoms with van der Waals surface area (Å²) in [6.45, 7) is 8.50. The van der Waals surface area contributed by atoms with E-state index in [-0.39, 0.29) is 5.91 Å². The van der Waals surface area contributed by atoms with Gasteiger partial charge in [-0.25, -0.2) is 0 Å². The lowest BCUT2D eigenvalue weighted by Crippen LogP contribution is -2.36. The number of carbonyl (C=O) groups is 1. The Morgan fingerprint density at radius 2 is 1.87 bits per heavy atom. The van der Waals surface area contributed by atoms with Crippen LogP contribution in [0.4, 0.5) is 0 Å². The zero-order valence-corrected chi connectivity index (χ0v) is 14.2. The van der Waals surface area contributed by atoms with Crippen LogP contribution in [0.2, 0.25) is 0 Å². The zero-order valence-electron chi connectivity index (χ0n) is 14.2. The van der Waals surface area contributed by atoms with Crippen molar-refractivity contribution in [1.82, 2.24) is 10.3 Å². The summed E-state index contributed by atoms with van der Waals surface area (Å²) in [4.78, 5) is 16.2. The highest BCUT2D eigenvalue weighted by atomic mass is 16.5. The molecule has 1 atom stereocenters. The maximum atomic E-state index is 12.2. The maximum Gasteiger partial charge on any atom is 0.261 e. The summed E-state index contributed by atoms with van der Waals surface area (Å²) in [5.74, 6) is 1.00. The number of nitrogens with one attached hydrogen (secondary N) is 1. The second-order valence-electron chi connectivity index (χ2n) is 6.03. The Kier molecular flexibility index (Phi) is 5.74. The smallest absolute Gasteiger partial charge is 0.261 e. The van der Waals surface area contributed by atoms with Gasteiger partial charge in [0.2, 0.25) is 0 Å². The second-order valence-corrected chi connectivity index (χ2v) is 6.03. The predicted molar refractivity (Wildman–Crippen MR) is 91.4 cm³/mol. The molecule has 0 radical (unpaired) electrons. The third-order valence-electron chi connectivity index (χ3n) is 3.68. The summed E-state index contributed by atoms with van der Waals surface area (Å²) in [6, 6.07) is 9.88. The number of aromatic nitrogens is 1. The van der Waals surface area contributed by atoms with Crippen LogP contribution < -0.4 is 10.1 Å². The Bertz CT molecular complexity index is 654. The average Bonchev–Trinajstić information content (AvgIpc) is 2.53. The highest BCUT2D eigenvalue weighted by Gasteiger charge is 2.17. The number of pyridine rings is 1. The fraction of sp³-hybridized carbons (Fsp3) is 0.368. The van der Waals surface area contributed by atoms with Crippen LogP contribution >= 0.6 is 0 Å². The number of benzene rings is 1. The summed E-state index contributed by atoms with van der Waals surface area (Å²) in [6.07, 6.45) is 2.88. The van der Waals surface area contributed by atoms with Gasteiger partial charge < -0.3 is 10.1 Å². The van der Waals surface area contributed by atoms with E-state index < -0.39 is 6.10 Å². The number of aryl methyl sites for hydroxylation is 1. The van der Waals surface area contributed by atoms with Gasteiger partial charge in [0.25, 0.3) is 5.91 Å². The first kappa shape index (κ1) is 17.0. The minimum absolute atomic E-state index is 0.127. The molecule has 1 aromatic heterocycles. The third kappa shape index (κ3) is 4.81. The van der Waals surface area contributed by atoms with Gasteiger partial charge in [-0.15, -0.1) is 0 Å². The van der Waals surface area contributed by atoms with Gasteiger partial charge in [-0.2, -0.15) is 0 Å². The number of amides is 1. The Hall–Kier alpha value is -2.36. The Morgan fingerprint density at radius 3 is 2.52 bits per heavy atom. The fourth-order valence-electron chi connectivity index (χ4n) is 2.30. The van der Waals surface area contributed by atoms with Crippen molar-refractivity contribution >= 4 is 5.91 Å². The van der Waals surface area contributed by atoms with Crippen LogP contribution in [0.1, 0.15) is 43.4 Å². The summed E-state index contributed by atoms with van der Waals surface area (Å²) >= 11 is 0. The van der Waals surface area contributed by atoms with Gasteiger partial charge in [0.05, 0.1) is 0 Å². The molecule has 1 amide bonds. The topological polar surface area (TPSA) is 51.2 Å². The summed E-state index contributed by atoms with van der Waals surface area (Å²) in [5, 5.41) is 2.89. The van der Waals surface area contributed by atoms with E-state index in [0.29, 0.717) is 12.5 Å². The highest BCUT2D eigenvalue weighted by molar-refractivity contribution is 5.80. The van der Waals surface area contributed by atoms with Crippen molar-refractivity contribution in [3.63, 3.8) is 0 Å². The van der Waals surface area contributed by atoms with E-state index in [4.69, 9.17) is 4.74 Å². The molecule has 2 aromatic rings. The van der Waals surface area contributed by atoms with Gasteiger partial charge in [0.1, 0.15) is 5.75 Å². The van der Waals surface area contributed by atoms with Crippen LogP contribution in [0, 0.1) is 6.92 Å². The van der Waals surface area contributed by atoms with Crippen molar-refractivity contribution in [3.05, 3.63) is 59.4 Å². The zero-order chi connectivity index (χ0) is 16.8. The molecule has 0 aliphatic heterocycles. The number of carbonyl (C=O) groups excluding carboxylic acids is 1. The molecule has 0 fully saturated rings. The molecule has 1 heterocycles. The number of ether oxygens (including phenoxy) is 1. The summed E-state index contributed by atoms with van der Waals surface area (Å²) in [5.41, 5.74) is 3.25. The van der Waals surface area contributed by atoms with E-state index in [2.05, 4.69) is 36.3 Å². The van der Waals surface area contributed by atoms with Gasteiger partial charge >= 0.3 is 0 Å². The first-order chi connectivity index (χ1) is 11.0. The number of hydrogen-bond acceptors (Lipinski definition) is 3. The van der Waals surface area contributed by atoms with E-state index in [0.717, 1.165) is 22.4 Å². The van der Waals surface area contributed by atoms with Crippen LogP contribution in [0.3, 0.4) is 0 Å². The van der Waals surface area contributed by atoms with Crippen LogP contribution in [-0.2, 0) is 11.3 Å². The minimum atomic E-state index is -0.545. The monoisotopic (exact) mass is 312 g/mol. The molecule has 0 spiro atoms. The molecule has 0 saturated carbocycles. The largest absolute Gasteiger partial charge is 0.481 e. The van der Waals surface area contributed by atoms with Gasteiger partial charge in [-0.05, 0) is 54.7 Å². The number of nitrogens with zero attached hydrogens (tertiary/aromatic N) is 1. The lowest BCUT2D eigenvalue weighted by Gasteiger charge is -2.19. The molecule has 0 unspecified atom stereocenters. The van der Waals surface area contributed by atoms with E-state index in [1.165, 1.54) is 0 Å². The van der Waals surface area contributed by atoms with Crippen molar-refractivity contribution in [2.24, 2.45) is 0 Å². The molecule has 0 saturated heterocycles. The van der Waals surface area contributed by atoms with Crippen LogP contribution in [0.25, 0.3) is 0 Å². The van der Waals surface area contributed by atoms with Gasteiger partial charge in [0.15, 0.2) is 6.10 Å². The Labute approximate surface area is 137 Å². The molecular weight excluding hydrogens is 288 g/mol. The molecule has 1 N–H and O–H groups in total. The quantitative estimate of drug-likeness (QED) is 0.886. The third-order valence-corrected chi connectivity index (χ3v) is 3.68. The maximum absolute atomic E-state index is 12.2. The molecule has 0 bridgehead atoms. The summed E-state index contributed by atoms with van der Waals surface area (Å²) < 4.78 is 5.91. The van der Waals surface area contributed by atoms with Gasteiger partial charge in [-0.3, -0.25) is 9.78 Å². The van der Waals surface area contributed by atoms with Crippen molar-refractivity contribution < 1.29 is 9.53 Å². The molecule has 122 valence electrons. The van der Waals surface area contributed by atoms with Crippen molar-refractivity contribution in [2.75, 3.05) is 0 Å². The molecule has 0 aliphatic carbocycles. The highest BCUT2D eigenvalue weighted by Crippen LogP contribution is 2.28. The van der Waals surface area contributed by atoms with Gasteiger partial charge in [-0.1, -0.05) is 26.0 Å². The Balaban J connectivity index is 1.99. The number of hydrogen-bond donors (Lipinski definition) is 1. The fourth-order valence-corrected chi connectivity index (χ4v) is 2.30. The molecule has 4 nitrogen and oxygen atoms in total. The van der Waals surface area contributed by atoms with Crippen molar-refractivity contribution in [2.45, 2.75) is 46.3 Å². The SMILES string of the molecule is Cc1ccc(C(C)C)c(O[C@@H](C)C(=O)NCc2ccncc2)c1. The standard InChI is InChI=1S/C19H24N2O2/c1-13(2)17-6-5-14(3)11-18(17)23-15(4)19(22)21-12-16-7-9-20-10-8-16/h5-11,13,15H,12H2,1-4H3,(H,21,22)/t15-/m0/s1. The molecular formula is C19H24N2O2. The van der Waals surface area contributed by atoms with Crippen LogP contribution in [0.15, 0.2) is 42.7 Å². The summed E-state index contributed by atoms with van der Waals surface area (Å²) in [7, 11) is 0. The molecule has 4 heteroatoms. The molecule has 2 rings (SSSR count). The van der Waals surface area contributed by atoms with Crippen molar-refractivity contribution in [1.29, 1.82) is 0 Å². The van der Waals surface area contributed by atoms with E-state index in [1.807, 2.05) is 25.1 Å². The lowest BCUT2D eigenvalue weighted by molar-refractivity contribution is -0.127. The van der Waals surface area contributed by atoms with Crippen molar-refractivity contribution in [3.8, 4) is 5.75 Å². The Morgan fingerprint density at radius 1 is 1.17 bits per heavy atom. The van der Waals surface area contributed by atoms with Gasteiger partial charge in [0, 0.05) is 18.9 Å². The van der Waals surface area contributed by atoms with Crippen LogP contribution in [0.5, 0.6) is 5.75 Å². The average molecular weight is 312 g/mol. The van der Waals surface area contributed by atoms with Crippen LogP contribution in [-0.4, -0.2) is 17.0 Å². The first-order valence-electron chi connectivity index (χ1n) is 7.91. The number of rotatable bonds is 6.